The van der Waals surface area contributed by atoms with Gasteiger partial charge in [0, 0.05) is 11.1 Å². The second-order valence-corrected chi connectivity index (χ2v) is 6.19. The molecule has 0 atom stereocenters. The third-order valence-corrected chi connectivity index (χ3v) is 4.39. The molecule has 0 radical (unpaired) electrons. The van der Waals surface area contributed by atoms with E-state index in [1.165, 1.54) is 12.1 Å². The fraction of sp³-hybridized carbons (Fsp3) is 0.158. The Bertz CT molecular complexity index is 1000. The van der Waals surface area contributed by atoms with E-state index in [1.807, 2.05) is 0 Å². The number of hydrogen-bond donors (Lipinski definition) is 2. The summed E-state index contributed by atoms with van der Waals surface area (Å²) in [5, 5.41) is 0. The minimum Gasteiger partial charge on any atom is -0.454 e. The SMILES string of the molecule is O=C(CN1C(=O)Cc2ccccc2C1=O)NNC(=O)c1ccc2c(c1)OCO2. The van der Waals surface area contributed by atoms with Gasteiger partial charge in [-0.2, -0.15) is 0 Å². The van der Waals surface area contributed by atoms with Crippen LogP contribution < -0.4 is 20.3 Å². The molecule has 2 aliphatic heterocycles. The molecule has 142 valence electrons. The average molecular weight is 381 g/mol. The van der Waals surface area contributed by atoms with Gasteiger partial charge in [0.25, 0.3) is 17.7 Å². The Hall–Kier alpha value is -3.88. The molecule has 0 aliphatic carbocycles. The zero-order chi connectivity index (χ0) is 19.7. The van der Waals surface area contributed by atoms with Crippen LogP contribution in [0.2, 0.25) is 0 Å². The second-order valence-electron chi connectivity index (χ2n) is 6.19. The third kappa shape index (κ3) is 3.25. The van der Waals surface area contributed by atoms with E-state index in [9.17, 15) is 19.2 Å². The van der Waals surface area contributed by atoms with Gasteiger partial charge in [-0.3, -0.25) is 34.9 Å². The van der Waals surface area contributed by atoms with Gasteiger partial charge in [-0.25, -0.2) is 0 Å². The summed E-state index contributed by atoms with van der Waals surface area (Å²) >= 11 is 0. The van der Waals surface area contributed by atoms with Gasteiger partial charge in [0.15, 0.2) is 11.5 Å². The van der Waals surface area contributed by atoms with E-state index in [-0.39, 0.29) is 18.8 Å². The maximum Gasteiger partial charge on any atom is 0.269 e. The first-order valence-electron chi connectivity index (χ1n) is 8.44. The summed E-state index contributed by atoms with van der Waals surface area (Å²) < 4.78 is 10.4. The minimum absolute atomic E-state index is 0.0404. The zero-order valence-corrected chi connectivity index (χ0v) is 14.6. The molecule has 2 N–H and O–H groups in total. The van der Waals surface area contributed by atoms with Crippen LogP contribution in [0.1, 0.15) is 26.3 Å². The van der Waals surface area contributed by atoms with Crippen molar-refractivity contribution < 1.29 is 28.7 Å². The molecule has 4 rings (SSSR count). The first-order valence-corrected chi connectivity index (χ1v) is 8.44. The van der Waals surface area contributed by atoms with Gasteiger partial charge in [0.2, 0.25) is 12.7 Å². The van der Waals surface area contributed by atoms with E-state index in [1.54, 1.807) is 30.3 Å². The lowest BCUT2D eigenvalue weighted by Crippen LogP contribution is -2.51. The minimum atomic E-state index is -0.699. The summed E-state index contributed by atoms with van der Waals surface area (Å²) in [6, 6.07) is 11.3. The Kier molecular flexibility index (Phi) is 4.40. The van der Waals surface area contributed by atoms with E-state index < -0.39 is 30.2 Å². The van der Waals surface area contributed by atoms with Crippen LogP contribution in [-0.4, -0.2) is 41.9 Å². The standard InChI is InChI=1S/C19H15N3O6/c23-16(9-22-17(24)8-11-3-1-2-4-13(11)19(22)26)20-21-18(25)12-5-6-14-15(7-12)28-10-27-14/h1-7H,8-10H2,(H,20,23)(H,21,25). The molecule has 0 saturated carbocycles. The van der Waals surface area contributed by atoms with Gasteiger partial charge in [-0.1, -0.05) is 18.2 Å². The quantitative estimate of drug-likeness (QED) is 0.588. The second kappa shape index (κ2) is 7.03. The number of benzene rings is 2. The Morgan fingerprint density at radius 3 is 2.64 bits per heavy atom. The highest BCUT2D eigenvalue weighted by molar-refractivity contribution is 6.11. The highest BCUT2D eigenvalue weighted by Gasteiger charge is 2.32. The summed E-state index contributed by atoms with van der Waals surface area (Å²) in [6.07, 6.45) is 0.0404. The topological polar surface area (TPSA) is 114 Å². The number of hydrazine groups is 1. The van der Waals surface area contributed by atoms with Gasteiger partial charge in [-0.15, -0.1) is 0 Å². The fourth-order valence-corrected chi connectivity index (χ4v) is 2.98. The largest absolute Gasteiger partial charge is 0.454 e. The molecule has 2 aromatic carbocycles. The van der Waals surface area contributed by atoms with E-state index >= 15 is 0 Å². The Morgan fingerprint density at radius 1 is 1.00 bits per heavy atom. The molecule has 9 nitrogen and oxygen atoms in total. The van der Waals surface area contributed by atoms with E-state index in [4.69, 9.17) is 9.47 Å². The molecular weight excluding hydrogens is 366 g/mol. The van der Waals surface area contributed by atoms with Crippen molar-refractivity contribution in [1.29, 1.82) is 0 Å². The van der Waals surface area contributed by atoms with Gasteiger partial charge in [-0.05, 0) is 29.8 Å². The maximum atomic E-state index is 12.4. The number of nitrogens with one attached hydrogen (secondary N) is 2. The highest BCUT2D eigenvalue weighted by atomic mass is 16.7. The predicted octanol–water partition coefficient (Wildman–Crippen LogP) is 0.401. The van der Waals surface area contributed by atoms with Gasteiger partial charge in [0.05, 0.1) is 6.42 Å². The fourth-order valence-electron chi connectivity index (χ4n) is 2.98. The lowest BCUT2D eigenvalue weighted by atomic mass is 9.98. The lowest BCUT2D eigenvalue weighted by molar-refractivity contribution is -0.133. The molecule has 0 bridgehead atoms. The smallest absolute Gasteiger partial charge is 0.269 e. The molecule has 0 saturated heterocycles. The molecular formula is C19H15N3O6. The molecule has 0 aromatic heterocycles. The first kappa shape index (κ1) is 17.5. The van der Waals surface area contributed by atoms with Crippen molar-refractivity contribution in [2.45, 2.75) is 6.42 Å². The molecule has 2 aromatic rings. The molecule has 4 amide bonds. The van der Waals surface area contributed by atoms with Crippen LogP contribution in [0.25, 0.3) is 0 Å². The Labute approximate surface area is 159 Å². The van der Waals surface area contributed by atoms with Crippen molar-refractivity contribution in [1.82, 2.24) is 15.8 Å². The van der Waals surface area contributed by atoms with Gasteiger partial charge in [0.1, 0.15) is 6.54 Å². The highest BCUT2D eigenvalue weighted by Crippen LogP contribution is 2.32. The molecule has 2 heterocycles. The molecule has 0 spiro atoms. The Morgan fingerprint density at radius 2 is 1.79 bits per heavy atom. The van der Waals surface area contributed by atoms with Crippen LogP contribution in [0.4, 0.5) is 0 Å². The number of fused-ring (bicyclic) bond motifs is 2. The number of ether oxygens (including phenoxy) is 2. The summed E-state index contributed by atoms with van der Waals surface area (Å²) in [5.74, 6) is -1.32. The number of carbonyl (C=O) groups excluding carboxylic acids is 4. The predicted molar refractivity (Wildman–Crippen MR) is 94.4 cm³/mol. The number of nitrogens with zero attached hydrogens (tertiary/aromatic N) is 1. The Balaban J connectivity index is 1.36. The number of imide groups is 1. The summed E-state index contributed by atoms with van der Waals surface area (Å²) in [4.78, 5) is 49.8. The van der Waals surface area contributed by atoms with E-state index in [2.05, 4.69) is 10.9 Å². The van der Waals surface area contributed by atoms with Crippen LogP contribution in [0, 0.1) is 0 Å². The normalized spacial score (nSPS) is 14.5. The average Bonchev–Trinajstić information content (AvgIpc) is 3.17. The third-order valence-electron chi connectivity index (χ3n) is 4.39. The lowest BCUT2D eigenvalue weighted by Gasteiger charge is -2.26. The van der Waals surface area contributed by atoms with E-state index in [0.717, 1.165) is 4.90 Å². The van der Waals surface area contributed by atoms with Gasteiger partial charge < -0.3 is 9.47 Å². The van der Waals surface area contributed by atoms with Crippen LogP contribution in [0.5, 0.6) is 11.5 Å². The van der Waals surface area contributed by atoms with E-state index in [0.29, 0.717) is 22.6 Å². The van der Waals surface area contributed by atoms with Crippen LogP contribution in [0.3, 0.4) is 0 Å². The number of rotatable bonds is 3. The van der Waals surface area contributed by atoms with Crippen LogP contribution >= 0.6 is 0 Å². The number of hydrogen-bond acceptors (Lipinski definition) is 6. The molecule has 0 fully saturated rings. The van der Waals surface area contributed by atoms with Crippen molar-refractivity contribution in [3.8, 4) is 11.5 Å². The first-order chi connectivity index (χ1) is 13.5. The monoisotopic (exact) mass is 381 g/mol. The molecule has 0 unspecified atom stereocenters. The van der Waals surface area contributed by atoms with Crippen LogP contribution in [-0.2, 0) is 16.0 Å². The number of carbonyl (C=O) groups is 4. The van der Waals surface area contributed by atoms with Crippen molar-refractivity contribution in [2.24, 2.45) is 0 Å². The zero-order valence-electron chi connectivity index (χ0n) is 14.6. The van der Waals surface area contributed by atoms with Crippen molar-refractivity contribution in [2.75, 3.05) is 13.3 Å². The van der Waals surface area contributed by atoms with Crippen molar-refractivity contribution in [3.63, 3.8) is 0 Å². The summed E-state index contributed by atoms with van der Waals surface area (Å²) in [7, 11) is 0. The molecule has 9 heteroatoms. The molecule has 2 aliphatic rings. The van der Waals surface area contributed by atoms with Crippen molar-refractivity contribution in [3.05, 3.63) is 59.2 Å². The summed E-state index contributed by atoms with van der Waals surface area (Å²) in [5.41, 5.74) is 5.72. The van der Waals surface area contributed by atoms with Crippen LogP contribution in [0.15, 0.2) is 42.5 Å². The number of amides is 4. The molecule has 28 heavy (non-hydrogen) atoms. The summed E-state index contributed by atoms with van der Waals surface area (Å²) in [6.45, 7) is -0.411. The maximum absolute atomic E-state index is 12.4. The van der Waals surface area contributed by atoms with Crippen molar-refractivity contribution >= 4 is 23.6 Å². The van der Waals surface area contributed by atoms with Gasteiger partial charge >= 0.3 is 0 Å².